The Morgan fingerprint density at radius 1 is 1.33 bits per heavy atom. The Kier molecular flexibility index (Phi) is 4.36. The van der Waals surface area contributed by atoms with Gasteiger partial charge in [0.25, 0.3) is 5.56 Å². The average molecular weight is 338 g/mol. The molecule has 0 aliphatic heterocycles. The zero-order valence-electron chi connectivity index (χ0n) is 13.8. The third kappa shape index (κ3) is 3.03. The van der Waals surface area contributed by atoms with Gasteiger partial charge < -0.3 is 10.3 Å². The molecule has 5 nitrogen and oxygen atoms in total. The molecule has 3 rings (SSSR count). The van der Waals surface area contributed by atoms with Crippen molar-refractivity contribution < 1.29 is 0 Å². The molecule has 6 heteroatoms. The molecule has 0 aliphatic carbocycles. The van der Waals surface area contributed by atoms with Gasteiger partial charge in [-0.15, -0.1) is 11.3 Å². The normalized spacial score (nSPS) is 12.1. The lowest BCUT2D eigenvalue weighted by Crippen LogP contribution is -2.17. The van der Waals surface area contributed by atoms with Gasteiger partial charge in [0.1, 0.15) is 10.7 Å². The molecule has 0 spiro atoms. The van der Waals surface area contributed by atoms with Crippen LogP contribution in [0, 0.1) is 25.2 Å². The van der Waals surface area contributed by atoms with Crippen LogP contribution in [0.2, 0.25) is 0 Å². The van der Waals surface area contributed by atoms with Crippen LogP contribution in [0.4, 0.5) is 5.69 Å². The minimum atomic E-state index is -0.133. The molecular formula is C18H18N4OS. The standard InChI is InChI=1S/C18H18N4OS/c1-10-12(3)24-18-15(10)17(23)21-16(22-18)11(2)20-14-6-4-13(5-7-14)8-9-19/h4-7,11,20H,8H2,1-3H3,(H,21,22,23)/t11-/m1/s1. The van der Waals surface area contributed by atoms with E-state index in [1.165, 1.54) is 0 Å². The maximum Gasteiger partial charge on any atom is 0.259 e. The fraction of sp³-hybridized carbons (Fsp3) is 0.278. The van der Waals surface area contributed by atoms with E-state index in [2.05, 4.69) is 21.4 Å². The van der Waals surface area contributed by atoms with Crippen LogP contribution in [0.5, 0.6) is 0 Å². The number of benzene rings is 1. The Morgan fingerprint density at radius 2 is 2.04 bits per heavy atom. The van der Waals surface area contributed by atoms with Crippen LogP contribution in [0.15, 0.2) is 29.1 Å². The Morgan fingerprint density at radius 3 is 2.71 bits per heavy atom. The molecule has 2 heterocycles. The van der Waals surface area contributed by atoms with Gasteiger partial charge in [-0.25, -0.2) is 4.98 Å². The first-order chi connectivity index (χ1) is 11.5. The van der Waals surface area contributed by atoms with Crippen molar-refractivity contribution in [3.8, 4) is 6.07 Å². The highest BCUT2D eigenvalue weighted by Gasteiger charge is 2.15. The van der Waals surface area contributed by atoms with Crippen molar-refractivity contribution in [2.45, 2.75) is 33.2 Å². The van der Waals surface area contributed by atoms with E-state index in [9.17, 15) is 4.79 Å². The van der Waals surface area contributed by atoms with Crippen LogP contribution in [0.25, 0.3) is 10.2 Å². The maximum atomic E-state index is 12.4. The van der Waals surface area contributed by atoms with Crippen LogP contribution >= 0.6 is 11.3 Å². The lowest BCUT2D eigenvalue weighted by molar-refractivity contribution is 0.792. The number of fused-ring (bicyclic) bond motifs is 1. The highest BCUT2D eigenvalue weighted by molar-refractivity contribution is 7.18. The van der Waals surface area contributed by atoms with Crippen molar-refractivity contribution in [3.63, 3.8) is 0 Å². The molecule has 0 radical (unpaired) electrons. The number of rotatable bonds is 4. The summed E-state index contributed by atoms with van der Waals surface area (Å²) in [5.74, 6) is 0.620. The molecular weight excluding hydrogens is 320 g/mol. The second-order valence-electron chi connectivity index (χ2n) is 5.81. The third-order valence-electron chi connectivity index (χ3n) is 4.09. The number of aromatic nitrogens is 2. The second kappa shape index (κ2) is 6.46. The molecule has 0 unspecified atom stereocenters. The zero-order valence-corrected chi connectivity index (χ0v) is 14.6. The monoisotopic (exact) mass is 338 g/mol. The Hall–Kier alpha value is -2.65. The molecule has 0 aliphatic rings. The molecule has 0 saturated heterocycles. The largest absolute Gasteiger partial charge is 0.375 e. The van der Waals surface area contributed by atoms with E-state index < -0.39 is 0 Å². The molecule has 122 valence electrons. The van der Waals surface area contributed by atoms with Crippen molar-refractivity contribution >= 4 is 27.2 Å². The molecule has 3 aromatic rings. The number of aryl methyl sites for hydroxylation is 2. The Labute approximate surface area is 144 Å². The number of hydrogen-bond donors (Lipinski definition) is 2. The summed E-state index contributed by atoms with van der Waals surface area (Å²) in [7, 11) is 0. The smallest absolute Gasteiger partial charge is 0.259 e. The van der Waals surface area contributed by atoms with Gasteiger partial charge in [0.2, 0.25) is 0 Å². The fourth-order valence-electron chi connectivity index (χ4n) is 2.60. The topological polar surface area (TPSA) is 81.6 Å². The number of hydrogen-bond acceptors (Lipinski definition) is 5. The van der Waals surface area contributed by atoms with Crippen LogP contribution in [-0.2, 0) is 6.42 Å². The molecule has 0 bridgehead atoms. The van der Waals surface area contributed by atoms with E-state index in [-0.39, 0.29) is 11.6 Å². The number of thiophene rings is 1. The molecule has 24 heavy (non-hydrogen) atoms. The number of nitriles is 1. The summed E-state index contributed by atoms with van der Waals surface area (Å²) >= 11 is 1.55. The van der Waals surface area contributed by atoms with Crippen LogP contribution in [0.1, 0.15) is 34.8 Å². The first-order valence-corrected chi connectivity index (χ1v) is 8.53. The van der Waals surface area contributed by atoms with Crippen molar-refractivity contribution in [2.75, 3.05) is 5.32 Å². The van der Waals surface area contributed by atoms with E-state index in [4.69, 9.17) is 5.26 Å². The molecule has 0 fully saturated rings. The summed E-state index contributed by atoms with van der Waals surface area (Å²) < 4.78 is 0. The van der Waals surface area contributed by atoms with Crippen molar-refractivity contribution in [1.82, 2.24) is 9.97 Å². The SMILES string of the molecule is Cc1sc2nc([C@@H](C)Nc3ccc(CC#N)cc3)[nH]c(=O)c2c1C. The van der Waals surface area contributed by atoms with Gasteiger partial charge >= 0.3 is 0 Å². The van der Waals surface area contributed by atoms with Crippen molar-refractivity contribution in [2.24, 2.45) is 0 Å². The summed E-state index contributed by atoms with van der Waals surface area (Å²) in [5.41, 5.74) is 2.82. The number of nitrogens with one attached hydrogen (secondary N) is 2. The predicted octanol–water partition coefficient (Wildman–Crippen LogP) is 3.84. The van der Waals surface area contributed by atoms with Crippen LogP contribution in [0.3, 0.4) is 0 Å². The first-order valence-electron chi connectivity index (χ1n) is 7.72. The third-order valence-corrected chi connectivity index (χ3v) is 5.19. The Bertz CT molecular complexity index is 979. The number of aromatic amines is 1. The highest BCUT2D eigenvalue weighted by Crippen LogP contribution is 2.27. The summed E-state index contributed by atoms with van der Waals surface area (Å²) in [6, 6.07) is 9.70. The number of nitrogens with zero attached hydrogens (tertiary/aromatic N) is 2. The zero-order chi connectivity index (χ0) is 17.3. The Balaban J connectivity index is 1.87. The number of H-pyrrole nitrogens is 1. The average Bonchev–Trinajstić information content (AvgIpc) is 2.84. The summed E-state index contributed by atoms with van der Waals surface area (Å²) in [6.45, 7) is 5.92. The summed E-state index contributed by atoms with van der Waals surface area (Å²) in [4.78, 5) is 21.8. The van der Waals surface area contributed by atoms with Gasteiger partial charge in [0.05, 0.1) is 23.9 Å². The van der Waals surface area contributed by atoms with E-state index >= 15 is 0 Å². The summed E-state index contributed by atoms with van der Waals surface area (Å²) in [5, 5.41) is 12.7. The lowest BCUT2D eigenvalue weighted by Gasteiger charge is -2.14. The maximum absolute atomic E-state index is 12.4. The molecule has 0 saturated carbocycles. The highest BCUT2D eigenvalue weighted by atomic mass is 32.1. The van der Waals surface area contributed by atoms with Gasteiger partial charge in [-0.05, 0) is 44.0 Å². The molecule has 2 aromatic heterocycles. The van der Waals surface area contributed by atoms with Crippen molar-refractivity contribution in [3.05, 3.63) is 56.4 Å². The fourth-order valence-corrected chi connectivity index (χ4v) is 3.64. The van der Waals surface area contributed by atoms with Gasteiger partial charge in [0.15, 0.2) is 0 Å². The molecule has 2 N–H and O–H groups in total. The van der Waals surface area contributed by atoms with Gasteiger partial charge in [-0.3, -0.25) is 4.79 Å². The van der Waals surface area contributed by atoms with E-state index in [0.717, 1.165) is 26.5 Å². The minimum Gasteiger partial charge on any atom is -0.375 e. The van der Waals surface area contributed by atoms with E-state index in [1.54, 1.807) is 11.3 Å². The quantitative estimate of drug-likeness (QED) is 0.757. The van der Waals surface area contributed by atoms with Gasteiger partial charge in [0, 0.05) is 10.6 Å². The number of anilines is 1. The van der Waals surface area contributed by atoms with Gasteiger partial charge in [-0.1, -0.05) is 12.1 Å². The van der Waals surface area contributed by atoms with E-state index in [0.29, 0.717) is 17.6 Å². The van der Waals surface area contributed by atoms with Crippen LogP contribution < -0.4 is 10.9 Å². The minimum absolute atomic E-state index is 0.0881. The second-order valence-corrected chi connectivity index (χ2v) is 7.02. The molecule has 1 atom stereocenters. The molecule has 1 aromatic carbocycles. The van der Waals surface area contributed by atoms with Crippen LogP contribution in [-0.4, -0.2) is 9.97 Å². The predicted molar refractivity (Wildman–Crippen MR) is 97.5 cm³/mol. The summed E-state index contributed by atoms with van der Waals surface area (Å²) in [6.07, 6.45) is 0.401. The van der Waals surface area contributed by atoms with Crippen molar-refractivity contribution in [1.29, 1.82) is 5.26 Å². The van der Waals surface area contributed by atoms with Gasteiger partial charge in [-0.2, -0.15) is 5.26 Å². The first kappa shape index (κ1) is 16.2. The lowest BCUT2D eigenvalue weighted by atomic mass is 10.1. The molecule has 0 amide bonds. The van der Waals surface area contributed by atoms with E-state index in [1.807, 2.05) is 45.0 Å².